The number of hydrogen-bond donors (Lipinski definition) is 2. The summed E-state index contributed by atoms with van der Waals surface area (Å²) in [5, 5.41) is 15.1. The molecule has 0 aliphatic heterocycles. The first kappa shape index (κ1) is 9.99. The third-order valence-corrected chi connectivity index (χ3v) is 2.13. The van der Waals surface area contributed by atoms with Crippen molar-refractivity contribution >= 4 is 5.97 Å². The van der Waals surface area contributed by atoms with E-state index in [0.29, 0.717) is 5.69 Å². The number of hydrogen-bond acceptors (Lipinski definition) is 2. The Hall–Kier alpha value is -2.54. The van der Waals surface area contributed by atoms with Gasteiger partial charge in [0.15, 0.2) is 0 Å². The van der Waals surface area contributed by atoms with Crippen molar-refractivity contribution in [3.63, 3.8) is 0 Å². The van der Waals surface area contributed by atoms with Crippen LogP contribution in [0.2, 0.25) is 0 Å². The first-order chi connectivity index (χ1) is 7.70. The number of terminal acetylenes is 1. The lowest BCUT2D eigenvalue weighted by Crippen LogP contribution is -1.95. The van der Waals surface area contributed by atoms with Gasteiger partial charge in [-0.2, -0.15) is 5.10 Å². The SMILES string of the molecule is C#Cc1cccc(-c2cc(C(=O)O)[nH]n2)c1. The zero-order valence-electron chi connectivity index (χ0n) is 8.27. The highest BCUT2D eigenvalue weighted by Crippen LogP contribution is 2.18. The minimum absolute atomic E-state index is 0.0566. The molecule has 1 aromatic carbocycles. The summed E-state index contributed by atoms with van der Waals surface area (Å²) in [6.45, 7) is 0. The van der Waals surface area contributed by atoms with Crippen molar-refractivity contribution < 1.29 is 9.90 Å². The quantitative estimate of drug-likeness (QED) is 0.745. The molecule has 1 heterocycles. The van der Waals surface area contributed by atoms with Gasteiger partial charge in [-0.15, -0.1) is 6.42 Å². The van der Waals surface area contributed by atoms with E-state index in [1.165, 1.54) is 6.07 Å². The Morgan fingerprint density at radius 3 is 2.88 bits per heavy atom. The van der Waals surface area contributed by atoms with E-state index in [0.717, 1.165) is 11.1 Å². The average molecular weight is 212 g/mol. The van der Waals surface area contributed by atoms with E-state index >= 15 is 0 Å². The molecule has 16 heavy (non-hydrogen) atoms. The van der Waals surface area contributed by atoms with Crippen LogP contribution in [-0.4, -0.2) is 21.3 Å². The van der Waals surface area contributed by atoms with Crippen LogP contribution in [0.3, 0.4) is 0 Å². The minimum atomic E-state index is -1.04. The van der Waals surface area contributed by atoms with E-state index in [9.17, 15) is 4.79 Å². The number of benzene rings is 1. The molecule has 1 aromatic heterocycles. The topological polar surface area (TPSA) is 66.0 Å². The third kappa shape index (κ3) is 1.79. The molecule has 0 saturated heterocycles. The Kier molecular flexibility index (Phi) is 2.44. The molecule has 0 bridgehead atoms. The average Bonchev–Trinajstić information content (AvgIpc) is 2.78. The summed E-state index contributed by atoms with van der Waals surface area (Å²) in [5.74, 6) is 1.48. The van der Waals surface area contributed by atoms with Crippen molar-refractivity contribution in [2.24, 2.45) is 0 Å². The number of nitrogens with zero attached hydrogens (tertiary/aromatic N) is 1. The summed E-state index contributed by atoms with van der Waals surface area (Å²) < 4.78 is 0. The van der Waals surface area contributed by atoms with Gasteiger partial charge in [0.1, 0.15) is 5.69 Å². The summed E-state index contributed by atoms with van der Waals surface area (Å²) in [6.07, 6.45) is 5.28. The van der Waals surface area contributed by atoms with Crippen LogP contribution in [0.5, 0.6) is 0 Å². The van der Waals surface area contributed by atoms with E-state index in [1.54, 1.807) is 18.2 Å². The number of nitrogens with one attached hydrogen (secondary N) is 1. The number of aromatic carboxylic acids is 1. The Morgan fingerprint density at radius 2 is 2.25 bits per heavy atom. The molecule has 0 unspecified atom stereocenters. The summed E-state index contributed by atoms with van der Waals surface area (Å²) >= 11 is 0. The van der Waals surface area contributed by atoms with Crippen molar-refractivity contribution in [2.75, 3.05) is 0 Å². The number of rotatable bonds is 2. The fourth-order valence-corrected chi connectivity index (χ4v) is 1.35. The Bertz CT molecular complexity index is 579. The molecule has 0 aliphatic rings. The van der Waals surface area contributed by atoms with Crippen LogP contribution in [0.15, 0.2) is 30.3 Å². The molecule has 0 amide bonds. The second-order valence-electron chi connectivity index (χ2n) is 3.20. The van der Waals surface area contributed by atoms with Gasteiger partial charge < -0.3 is 5.11 Å². The summed E-state index contributed by atoms with van der Waals surface area (Å²) in [4.78, 5) is 10.7. The largest absolute Gasteiger partial charge is 0.477 e. The van der Waals surface area contributed by atoms with Gasteiger partial charge in [-0.25, -0.2) is 4.79 Å². The van der Waals surface area contributed by atoms with Crippen LogP contribution in [0.1, 0.15) is 16.1 Å². The van der Waals surface area contributed by atoms with Gasteiger partial charge in [0.2, 0.25) is 0 Å². The van der Waals surface area contributed by atoms with Crippen molar-refractivity contribution in [3.05, 3.63) is 41.6 Å². The third-order valence-electron chi connectivity index (χ3n) is 2.13. The molecular weight excluding hydrogens is 204 g/mol. The fraction of sp³-hybridized carbons (Fsp3) is 0. The summed E-state index contributed by atoms with van der Waals surface area (Å²) in [7, 11) is 0. The van der Waals surface area contributed by atoms with E-state index in [4.69, 9.17) is 11.5 Å². The van der Waals surface area contributed by atoms with Crippen LogP contribution in [0, 0.1) is 12.3 Å². The highest BCUT2D eigenvalue weighted by Gasteiger charge is 2.08. The van der Waals surface area contributed by atoms with Gasteiger partial charge in [0.25, 0.3) is 0 Å². The molecule has 0 radical (unpaired) electrons. The lowest BCUT2D eigenvalue weighted by Gasteiger charge is -1.96. The van der Waals surface area contributed by atoms with E-state index in [2.05, 4.69) is 16.1 Å². The highest BCUT2D eigenvalue weighted by atomic mass is 16.4. The van der Waals surface area contributed by atoms with Crippen LogP contribution < -0.4 is 0 Å². The van der Waals surface area contributed by atoms with Gasteiger partial charge in [-0.3, -0.25) is 5.10 Å². The number of carboxylic acids is 1. The molecule has 0 spiro atoms. The predicted molar refractivity (Wildman–Crippen MR) is 58.9 cm³/mol. The zero-order valence-corrected chi connectivity index (χ0v) is 8.27. The Morgan fingerprint density at radius 1 is 1.44 bits per heavy atom. The summed E-state index contributed by atoms with van der Waals surface area (Å²) in [6, 6.07) is 8.68. The standard InChI is InChI=1S/C12H8N2O2/c1-2-8-4-3-5-9(6-8)10-7-11(12(15)16)14-13-10/h1,3-7H,(H,13,14)(H,15,16). The van der Waals surface area contributed by atoms with Crippen molar-refractivity contribution in [2.45, 2.75) is 0 Å². The lowest BCUT2D eigenvalue weighted by atomic mass is 10.1. The predicted octanol–water partition coefficient (Wildman–Crippen LogP) is 1.76. The van der Waals surface area contributed by atoms with Crippen molar-refractivity contribution in [3.8, 4) is 23.6 Å². The zero-order chi connectivity index (χ0) is 11.5. The number of carbonyl (C=O) groups is 1. The van der Waals surface area contributed by atoms with E-state index in [-0.39, 0.29) is 5.69 Å². The maximum atomic E-state index is 10.7. The Balaban J connectivity index is 2.43. The monoisotopic (exact) mass is 212 g/mol. The molecule has 4 nitrogen and oxygen atoms in total. The molecule has 2 N–H and O–H groups in total. The fourth-order valence-electron chi connectivity index (χ4n) is 1.35. The van der Waals surface area contributed by atoms with Gasteiger partial charge in [0.05, 0.1) is 5.69 Å². The van der Waals surface area contributed by atoms with E-state index < -0.39 is 5.97 Å². The molecule has 0 fully saturated rings. The van der Waals surface area contributed by atoms with Gasteiger partial charge >= 0.3 is 5.97 Å². The normalized spacial score (nSPS) is 9.69. The van der Waals surface area contributed by atoms with E-state index in [1.807, 2.05) is 6.07 Å². The number of carboxylic acid groups (broad SMARTS) is 1. The molecule has 0 aliphatic carbocycles. The minimum Gasteiger partial charge on any atom is -0.477 e. The Labute approximate surface area is 91.9 Å². The van der Waals surface area contributed by atoms with Crippen LogP contribution in [-0.2, 0) is 0 Å². The van der Waals surface area contributed by atoms with Crippen molar-refractivity contribution in [1.82, 2.24) is 10.2 Å². The maximum absolute atomic E-state index is 10.7. The van der Waals surface area contributed by atoms with Crippen LogP contribution in [0.25, 0.3) is 11.3 Å². The van der Waals surface area contributed by atoms with Gasteiger partial charge in [0, 0.05) is 11.1 Å². The molecule has 2 aromatic rings. The lowest BCUT2D eigenvalue weighted by molar-refractivity contribution is 0.0690. The second-order valence-corrected chi connectivity index (χ2v) is 3.20. The van der Waals surface area contributed by atoms with Gasteiger partial charge in [-0.1, -0.05) is 18.1 Å². The number of H-pyrrole nitrogens is 1. The maximum Gasteiger partial charge on any atom is 0.353 e. The molecule has 0 atom stereocenters. The molecular formula is C12H8N2O2. The molecule has 78 valence electrons. The number of aromatic nitrogens is 2. The van der Waals surface area contributed by atoms with Crippen LogP contribution in [0.4, 0.5) is 0 Å². The highest BCUT2D eigenvalue weighted by molar-refractivity contribution is 5.86. The first-order valence-electron chi connectivity index (χ1n) is 4.56. The first-order valence-corrected chi connectivity index (χ1v) is 4.56. The second kappa shape index (κ2) is 3.91. The van der Waals surface area contributed by atoms with Crippen LogP contribution >= 0.6 is 0 Å². The molecule has 0 saturated carbocycles. The molecule has 2 rings (SSSR count). The van der Waals surface area contributed by atoms with Crippen molar-refractivity contribution in [1.29, 1.82) is 0 Å². The van der Waals surface area contributed by atoms with Gasteiger partial charge in [-0.05, 0) is 18.2 Å². The smallest absolute Gasteiger partial charge is 0.353 e. The summed E-state index contributed by atoms with van der Waals surface area (Å²) in [5.41, 5.74) is 2.15. The number of aromatic amines is 1. The molecule has 4 heteroatoms.